The van der Waals surface area contributed by atoms with Crippen LogP contribution in [0, 0.1) is 35.0 Å². The lowest BCUT2D eigenvalue weighted by atomic mass is 9.60. The molecule has 0 amide bonds. The maximum Gasteiger partial charge on any atom is -0.0143 e. The number of hydrogen-bond donors (Lipinski definition) is 0. The van der Waals surface area contributed by atoms with Crippen LogP contribution in [0.4, 0.5) is 0 Å². The van der Waals surface area contributed by atoms with E-state index >= 15 is 0 Å². The molecule has 3 rings (SSSR count). The first kappa shape index (κ1) is 24.5. The standard InChI is InChI=1S/C28H46.CH4/c1-20(2)9-7-10-22(4)26-16-17-27-25(11-8-18-28(26,27)6)15-14-24-13-12-21(3)23(5)19-24;/h14-15,20,22-23,26-27H,3,7-13,16-19H2,1-2,4-6H3;1H4/b24-14-,25-15+;. The first-order valence-electron chi connectivity index (χ1n) is 12.4. The zero-order valence-electron chi connectivity index (χ0n) is 19.5. The van der Waals surface area contributed by atoms with Crippen molar-refractivity contribution in [3.63, 3.8) is 0 Å². The lowest BCUT2D eigenvalue weighted by Gasteiger charge is -2.44. The molecule has 0 bridgehead atoms. The van der Waals surface area contributed by atoms with Crippen molar-refractivity contribution in [3.8, 4) is 0 Å². The molecular formula is C29H50. The summed E-state index contributed by atoms with van der Waals surface area (Å²) < 4.78 is 0. The molecule has 0 aromatic rings. The van der Waals surface area contributed by atoms with Crippen molar-refractivity contribution in [2.75, 3.05) is 0 Å². The van der Waals surface area contributed by atoms with Gasteiger partial charge in [-0.05, 0) is 86.4 Å². The van der Waals surface area contributed by atoms with Crippen molar-refractivity contribution in [1.82, 2.24) is 0 Å². The van der Waals surface area contributed by atoms with Crippen molar-refractivity contribution in [2.24, 2.45) is 35.0 Å². The van der Waals surface area contributed by atoms with Crippen LogP contribution in [0.5, 0.6) is 0 Å². The minimum atomic E-state index is 0. The Morgan fingerprint density at radius 3 is 2.52 bits per heavy atom. The largest absolute Gasteiger partial charge is 0.0996 e. The van der Waals surface area contributed by atoms with Gasteiger partial charge in [-0.3, -0.25) is 0 Å². The van der Waals surface area contributed by atoms with Gasteiger partial charge in [-0.25, -0.2) is 0 Å². The molecule has 29 heavy (non-hydrogen) atoms. The summed E-state index contributed by atoms with van der Waals surface area (Å²) in [4.78, 5) is 0. The zero-order chi connectivity index (χ0) is 20.3. The molecule has 0 aromatic carbocycles. The Morgan fingerprint density at radius 1 is 1.07 bits per heavy atom. The van der Waals surface area contributed by atoms with Crippen LogP contribution in [0.3, 0.4) is 0 Å². The fourth-order valence-electron chi connectivity index (χ4n) is 6.85. The topological polar surface area (TPSA) is 0 Å². The monoisotopic (exact) mass is 398 g/mol. The van der Waals surface area contributed by atoms with Crippen molar-refractivity contribution < 1.29 is 0 Å². The van der Waals surface area contributed by atoms with E-state index in [9.17, 15) is 0 Å². The minimum Gasteiger partial charge on any atom is -0.0996 e. The Bertz CT molecular complexity index is 604. The summed E-state index contributed by atoms with van der Waals surface area (Å²) in [5.74, 6) is 4.23. The summed E-state index contributed by atoms with van der Waals surface area (Å²) in [5.41, 5.74) is 5.47. The molecule has 3 saturated carbocycles. The van der Waals surface area contributed by atoms with Gasteiger partial charge in [0.1, 0.15) is 0 Å². The second-order valence-electron chi connectivity index (χ2n) is 11.2. The van der Waals surface area contributed by atoms with Gasteiger partial charge in [-0.2, -0.15) is 0 Å². The third-order valence-corrected chi connectivity index (χ3v) is 8.73. The number of rotatable bonds is 6. The Labute approximate surface area is 183 Å². The van der Waals surface area contributed by atoms with E-state index in [1.807, 2.05) is 0 Å². The van der Waals surface area contributed by atoms with Crippen LogP contribution < -0.4 is 0 Å². The highest BCUT2D eigenvalue weighted by Crippen LogP contribution is 2.59. The van der Waals surface area contributed by atoms with Gasteiger partial charge in [-0.1, -0.05) is 96.8 Å². The van der Waals surface area contributed by atoms with Crippen molar-refractivity contribution in [2.45, 2.75) is 113 Å². The highest BCUT2D eigenvalue weighted by Gasteiger charge is 2.50. The predicted molar refractivity (Wildman–Crippen MR) is 131 cm³/mol. The molecule has 0 aromatic heterocycles. The van der Waals surface area contributed by atoms with E-state index in [0.717, 1.165) is 23.7 Å². The molecule has 3 aliphatic carbocycles. The molecular weight excluding hydrogens is 348 g/mol. The molecule has 0 aliphatic heterocycles. The third-order valence-electron chi connectivity index (χ3n) is 8.73. The molecule has 0 radical (unpaired) electrons. The highest BCUT2D eigenvalue weighted by molar-refractivity contribution is 5.27. The van der Waals surface area contributed by atoms with Crippen molar-refractivity contribution >= 4 is 0 Å². The Balaban J connectivity index is 0.00000300. The lowest BCUT2D eigenvalue weighted by Crippen LogP contribution is -2.36. The van der Waals surface area contributed by atoms with Crippen LogP contribution in [-0.2, 0) is 0 Å². The Hall–Kier alpha value is -0.780. The van der Waals surface area contributed by atoms with E-state index in [0.29, 0.717) is 11.3 Å². The zero-order valence-corrected chi connectivity index (χ0v) is 19.5. The average molecular weight is 399 g/mol. The summed E-state index contributed by atoms with van der Waals surface area (Å²) in [6.07, 6.45) is 20.2. The van der Waals surface area contributed by atoms with Crippen molar-refractivity contribution in [1.29, 1.82) is 0 Å². The molecule has 0 spiro atoms. The molecule has 0 heteroatoms. The molecule has 5 unspecified atom stereocenters. The minimum absolute atomic E-state index is 0. The van der Waals surface area contributed by atoms with Crippen LogP contribution in [0.25, 0.3) is 0 Å². The SMILES string of the molecule is C.C=C1CC/C(=C/C=C2\CCCC3(C)C2CCC3C(C)CCCC(C)C)CC1C. The van der Waals surface area contributed by atoms with Gasteiger partial charge in [0, 0.05) is 0 Å². The molecule has 3 aliphatic rings. The Kier molecular flexibility index (Phi) is 8.87. The van der Waals surface area contributed by atoms with E-state index in [1.165, 1.54) is 76.2 Å². The summed E-state index contributed by atoms with van der Waals surface area (Å²) in [5, 5.41) is 0. The second kappa shape index (κ2) is 10.5. The first-order chi connectivity index (χ1) is 13.3. The normalized spacial score (nSPS) is 36.3. The van der Waals surface area contributed by atoms with Gasteiger partial charge in [0.05, 0.1) is 0 Å². The average Bonchev–Trinajstić information content (AvgIpc) is 3.00. The molecule has 5 atom stereocenters. The number of allylic oxidation sites excluding steroid dienone is 5. The summed E-state index contributed by atoms with van der Waals surface area (Å²) >= 11 is 0. The van der Waals surface area contributed by atoms with Crippen LogP contribution in [0.15, 0.2) is 35.5 Å². The summed E-state index contributed by atoms with van der Waals surface area (Å²) in [7, 11) is 0. The quantitative estimate of drug-likeness (QED) is 0.391. The fourth-order valence-corrected chi connectivity index (χ4v) is 6.85. The van der Waals surface area contributed by atoms with Gasteiger partial charge < -0.3 is 0 Å². The van der Waals surface area contributed by atoms with Crippen molar-refractivity contribution in [3.05, 3.63) is 35.5 Å². The smallest absolute Gasteiger partial charge is 0.0143 e. The molecule has 0 nitrogen and oxygen atoms in total. The van der Waals surface area contributed by atoms with E-state index in [-0.39, 0.29) is 7.43 Å². The first-order valence-corrected chi connectivity index (χ1v) is 12.4. The van der Waals surface area contributed by atoms with Gasteiger partial charge in [0.2, 0.25) is 0 Å². The molecule has 0 N–H and O–H groups in total. The van der Waals surface area contributed by atoms with Gasteiger partial charge >= 0.3 is 0 Å². The maximum absolute atomic E-state index is 4.25. The predicted octanol–water partition coefficient (Wildman–Crippen LogP) is 9.53. The fraction of sp³-hybridized carbons (Fsp3) is 0.793. The molecule has 0 heterocycles. The van der Waals surface area contributed by atoms with Gasteiger partial charge in [0.15, 0.2) is 0 Å². The van der Waals surface area contributed by atoms with Crippen LogP contribution in [0.1, 0.15) is 113 Å². The Morgan fingerprint density at radius 2 is 1.83 bits per heavy atom. The van der Waals surface area contributed by atoms with Crippen LogP contribution >= 0.6 is 0 Å². The van der Waals surface area contributed by atoms with E-state index < -0.39 is 0 Å². The lowest BCUT2D eigenvalue weighted by molar-refractivity contribution is 0.0929. The molecule has 166 valence electrons. The molecule has 3 fully saturated rings. The van der Waals surface area contributed by atoms with Gasteiger partial charge in [-0.15, -0.1) is 0 Å². The summed E-state index contributed by atoms with van der Waals surface area (Å²) in [6.45, 7) is 16.5. The third kappa shape index (κ3) is 5.68. The van der Waals surface area contributed by atoms with Gasteiger partial charge in [0.25, 0.3) is 0 Å². The second-order valence-corrected chi connectivity index (χ2v) is 11.2. The number of hydrogen-bond acceptors (Lipinski definition) is 0. The van der Waals surface area contributed by atoms with E-state index in [2.05, 4.69) is 53.3 Å². The van der Waals surface area contributed by atoms with E-state index in [1.54, 1.807) is 11.1 Å². The summed E-state index contributed by atoms with van der Waals surface area (Å²) in [6, 6.07) is 0. The number of fused-ring (bicyclic) bond motifs is 1. The van der Waals surface area contributed by atoms with E-state index in [4.69, 9.17) is 0 Å². The maximum atomic E-state index is 4.25. The highest BCUT2D eigenvalue weighted by atomic mass is 14.5. The molecule has 0 saturated heterocycles. The van der Waals surface area contributed by atoms with Crippen LogP contribution in [-0.4, -0.2) is 0 Å². The van der Waals surface area contributed by atoms with Crippen LogP contribution in [0.2, 0.25) is 0 Å².